The lowest BCUT2D eigenvalue weighted by atomic mass is 10.0. The zero-order chi connectivity index (χ0) is 18.7. The number of alkyl halides is 3. The molecule has 0 aliphatic heterocycles. The molecule has 0 radical (unpaired) electrons. The number of rotatable bonds is 6. The summed E-state index contributed by atoms with van der Waals surface area (Å²) in [6.07, 6.45) is 0.143. The van der Waals surface area contributed by atoms with Gasteiger partial charge in [0.15, 0.2) is 0 Å². The predicted molar refractivity (Wildman–Crippen MR) is 84.4 cm³/mol. The monoisotopic (exact) mass is 376 g/mol. The highest BCUT2D eigenvalue weighted by atomic mass is 32.2. The largest absolute Gasteiger partial charge is 0.534 e. The van der Waals surface area contributed by atoms with Gasteiger partial charge >= 0.3 is 15.6 Å². The average molecular weight is 376 g/mol. The van der Waals surface area contributed by atoms with E-state index in [0.717, 1.165) is 6.07 Å². The smallest absolute Gasteiger partial charge is 0.497 e. The molecule has 0 fully saturated rings. The Balaban J connectivity index is 2.41. The van der Waals surface area contributed by atoms with Gasteiger partial charge in [0.25, 0.3) is 0 Å². The molecule has 25 heavy (non-hydrogen) atoms. The van der Waals surface area contributed by atoms with Gasteiger partial charge in [-0.05, 0) is 23.8 Å². The van der Waals surface area contributed by atoms with Crippen LogP contribution >= 0.6 is 0 Å². The fourth-order valence-electron chi connectivity index (χ4n) is 2.05. The fourth-order valence-corrected chi connectivity index (χ4v) is 2.54. The lowest BCUT2D eigenvalue weighted by Gasteiger charge is -2.14. The summed E-state index contributed by atoms with van der Waals surface area (Å²) in [7, 11) is -3.00. The van der Waals surface area contributed by atoms with Crippen LogP contribution in [0.5, 0.6) is 17.2 Å². The highest BCUT2D eigenvalue weighted by molar-refractivity contribution is 7.88. The van der Waals surface area contributed by atoms with Gasteiger partial charge in [-0.1, -0.05) is 18.2 Å². The van der Waals surface area contributed by atoms with Gasteiger partial charge in [0, 0.05) is 18.1 Å². The van der Waals surface area contributed by atoms with E-state index in [-0.39, 0.29) is 17.7 Å². The SMILES string of the molecule is COc1cccc(Cc2ccc(OC)cc2OS(=O)(=O)C(F)(F)F)c1. The van der Waals surface area contributed by atoms with Crippen LogP contribution in [0.3, 0.4) is 0 Å². The summed E-state index contributed by atoms with van der Waals surface area (Å²) >= 11 is 0. The number of ether oxygens (including phenoxy) is 2. The topological polar surface area (TPSA) is 61.8 Å². The molecular formula is C16H15F3O5S. The Morgan fingerprint density at radius 1 is 0.960 bits per heavy atom. The molecule has 0 N–H and O–H groups in total. The van der Waals surface area contributed by atoms with Crippen molar-refractivity contribution in [2.24, 2.45) is 0 Å². The van der Waals surface area contributed by atoms with Gasteiger partial charge in [0.2, 0.25) is 0 Å². The second-order valence-electron chi connectivity index (χ2n) is 4.99. The molecule has 0 saturated heterocycles. The van der Waals surface area contributed by atoms with Gasteiger partial charge in [-0.25, -0.2) is 0 Å². The first-order valence-electron chi connectivity index (χ1n) is 6.97. The maximum atomic E-state index is 12.6. The molecular weight excluding hydrogens is 361 g/mol. The Bertz CT molecular complexity index is 847. The second kappa shape index (κ2) is 7.22. The lowest BCUT2D eigenvalue weighted by molar-refractivity contribution is -0.0500. The Hall–Kier alpha value is -2.42. The molecule has 0 aliphatic carbocycles. The molecule has 2 rings (SSSR count). The van der Waals surface area contributed by atoms with E-state index in [4.69, 9.17) is 9.47 Å². The van der Waals surface area contributed by atoms with Crippen LogP contribution in [-0.2, 0) is 16.5 Å². The third-order valence-electron chi connectivity index (χ3n) is 3.29. The molecule has 9 heteroatoms. The summed E-state index contributed by atoms with van der Waals surface area (Å²) < 4.78 is 74.7. The van der Waals surface area contributed by atoms with Gasteiger partial charge < -0.3 is 13.7 Å². The van der Waals surface area contributed by atoms with Gasteiger partial charge in [0.05, 0.1) is 14.2 Å². The third kappa shape index (κ3) is 4.56. The van der Waals surface area contributed by atoms with Crippen LogP contribution in [0.4, 0.5) is 13.2 Å². The third-order valence-corrected chi connectivity index (χ3v) is 4.25. The predicted octanol–water partition coefficient (Wildman–Crippen LogP) is 3.52. The molecule has 0 aromatic heterocycles. The van der Waals surface area contributed by atoms with Gasteiger partial charge in [0.1, 0.15) is 17.2 Å². The molecule has 136 valence electrons. The first-order chi connectivity index (χ1) is 11.7. The number of hydrogen-bond donors (Lipinski definition) is 0. The zero-order valence-corrected chi connectivity index (χ0v) is 14.1. The highest BCUT2D eigenvalue weighted by Gasteiger charge is 2.48. The van der Waals surface area contributed by atoms with E-state index in [1.807, 2.05) is 0 Å². The minimum atomic E-state index is -5.78. The number of methoxy groups -OCH3 is 2. The Kier molecular flexibility index (Phi) is 5.46. The first-order valence-corrected chi connectivity index (χ1v) is 8.37. The summed E-state index contributed by atoms with van der Waals surface area (Å²) in [5.74, 6) is 0.289. The standard InChI is InChI=1S/C16H15F3O5S/c1-22-13-5-3-4-11(9-13)8-12-6-7-14(23-2)10-15(12)24-25(20,21)16(17,18)19/h3-7,9-10H,8H2,1-2H3. The molecule has 0 spiro atoms. The molecule has 0 unspecified atom stereocenters. The number of halogens is 3. The number of benzene rings is 2. The molecule has 0 atom stereocenters. The summed E-state index contributed by atoms with van der Waals surface area (Å²) in [6, 6.07) is 10.9. The summed E-state index contributed by atoms with van der Waals surface area (Å²) in [4.78, 5) is 0. The van der Waals surface area contributed by atoms with Crippen LogP contribution in [0.2, 0.25) is 0 Å². The number of hydrogen-bond acceptors (Lipinski definition) is 5. The van der Waals surface area contributed by atoms with E-state index in [1.54, 1.807) is 24.3 Å². The summed E-state index contributed by atoms with van der Waals surface area (Å²) in [5, 5.41) is 0. The van der Waals surface area contributed by atoms with Crippen molar-refractivity contribution in [3.05, 3.63) is 53.6 Å². The van der Waals surface area contributed by atoms with Crippen molar-refractivity contribution in [2.45, 2.75) is 11.9 Å². The van der Waals surface area contributed by atoms with Crippen LogP contribution in [0.15, 0.2) is 42.5 Å². The first kappa shape index (κ1) is 18.9. The highest BCUT2D eigenvalue weighted by Crippen LogP contribution is 2.32. The van der Waals surface area contributed by atoms with E-state index in [2.05, 4.69) is 4.18 Å². The zero-order valence-electron chi connectivity index (χ0n) is 13.3. The normalized spacial score (nSPS) is 11.9. The van der Waals surface area contributed by atoms with Gasteiger partial charge in [-0.15, -0.1) is 0 Å². The molecule has 0 amide bonds. The maximum Gasteiger partial charge on any atom is 0.534 e. The van der Waals surface area contributed by atoms with Crippen LogP contribution in [0, 0.1) is 0 Å². The van der Waals surface area contributed by atoms with Crippen molar-refractivity contribution >= 4 is 10.1 Å². The molecule has 0 saturated carbocycles. The van der Waals surface area contributed by atoms with E-state index in [0.29, 0.717) is 11.3 Å². The molecule has 0 heterocycles. The van der Waals surface area contributed by atoms with Crippen LogP contribution in [0.25, 0.3) is 0 Å². The van der Waals surface area contributed by atoms with Crippen molar-refractivity contribution in [1.29, 1.82) is 0 Å². The van der Waals surface area contributed by atoms with Crippen molar-refractivity contribution in [1.82, 2.24) is 0 Å². The van der Waals surface area contributed by atoms with Crippen LogP contribution < -0.4 is 13.7 Å². The maximum absolute atomic E-state index is 12.6. The molecule has 0 aliphatic rings. The summed E-state index contributed by atoms with van der Waals surface area (Å²) in [5.41, 5.74) is -4.57. The molecule has 0 bridgehead atoms. The second-order valence-corrected chi connectivity index (χ2v) is 6.52. The van der Waals surface area contributed by atoms with Crippen molar-refractivity contribution < 1.29 is 35.2 Å². The fraction of sp³-hybridized carbons (Fsp3) is 0.250. The summed E-state index contributed by atoms with van der Waals surface area (Å²) in [6.45, 7) is 0. The van der Waals surface area contributed by atoms with E-state index < -0.39 is 21.4 Å². The van der Waals surface area contributed by atoms with Gasteiger partial charge in [-0.3, -0.25) is 0 Å². The van der Waals surface area contributed by atoms with Crippen LogP contribution in [-0.4, -0.2) is 28.1 Å². The Labute approximate surface area is 143 Å². The van der Waals surface area contributed by atoms with Crippen molar-refractivity contribution in [2.75, 3.05) is 14.2 Å². The molecule has 2 aromatic carbocycles. The molecule has 2 aromatic rings. The minimum absolute atomic E-state index is 0.143. The minimum Gasteiger partial charge on any atom is -0.497 e. The average Bonchev–Trinajstić information content (AvgIpc) is 2.55. The van der Waals surface area contributed by atoms with E-state index in [9.17, 15) is 21.6 Å². The van der Waals surface area contributed by atoms with Crippen molar-refractivity contribution in [3.8, 4) is 17.2 Å². The molecule has 5 nitrogen and oxygen atoms in total. The van der Waals surface area contributed by atoms with Gasteiger partial charge in [-0.2, -0.15) is 21.6 Å². The van der Waals surface area contributed by atoms with Crippen LogP contribution in [0.1, 0.15) is 11.1 Å². The quantitative estimate of drug-likeness (QED) is 0.570. The van der Waals surface area contributed by atoms with E-state index in [1.165, 1.54) is 26.4 Å². The lowest BCUT2D eigenvalue weighted by Crippen LogP contribution is -2.28. The Morgan fingerprint density at radius 2 is 1.60 bits per heavy atom. The Morgan fingerprint density at radius 3 is 2.20 bits per heavy atom. The van der Waals surface area contributed by atoms with E-state index >= 15 is 0 Å². The van der Waals surface area contributed by atoms with Crippen molar-refractivity contribution in [3.63, 3.8) is 0 Å².